The van der Waals surface area contributed by atoms with Gasteiger partial charge in [0.2, 0.25) is 11.8 Å². The minimum Gasteiger partial charge on any atom is -0.352 e. The van der Waals surface area contributed by atoms with Crippen LogP contribution in [0.3, 0.4) is 0 Å². The van der Waals surface area contributed by atoms with E-state index in [9.17, 15) is 9.59 Å². The Morgan fingerprint density at radius 3 is 2.81 bits per heavy atom. The van der Waals surface area contributed by atoms with Crippen molar-refractivity contribution in [1.82, 2.24) is 20.0 Å². The molecule has 2 heterocycles. The summed E-state index contributed by atoms with van der Waals surface area (Å²) in [5.74, 6) is 0.347. The van der Waals surface area contributed by atoms with Crippen LogP contribution in [-0.4, -0.2) is 45.6 Å². The van der Waals surface area contributed by atoms with Crippen molar-refractivity contribution in [2.45, 2.75) is 44.7 Å². The summed E-state index contributed by atoms with van der Waals surface area (Å²) in [5.41, 5.74) is 0. The number of rotatable bonds is 5. The number of piperidine rings is 1. The second kappa shape index (κ2) is 6.28. The Bertz CT molecular complexity index is 496. The van der Waals surface area contributed by atoms with Gasteiger partial charge in [0.15, 0.2) is 0 Å². The summed E-state index contributed by atoms with van der Waals surface area (Å²) in [5, 5.41) is 7.04. The van der Waals surface area contributed by atoms with Crippen molar-refractivity contribution >= 4 is 11.8 Å². The van der Waals surface area contributed by atoms with Gasteiger partial charge in [0.1, 0.15) is 6.04 Å². The van der Waals surface area contributed by atoms with Crippen LogP contribution in [0.4, 0.5) is 0 Å². The number of carbonyl (C=O) groups excluding carboxylic acids is 2. The van der Waals surface area contributed by atoms with E-state index in [1.807, 2.05) is 17.2 Å². The molecule has 0 unspecified atom stereocenters. The van der Waals surface area contributed by atoms with E-state index in [1.54, 1.807) is 10.9 Å². The first kappa shape index (κ1) is 14.1. The van der Waals surface area contributed by atoms with Gasteiger partial charge >= 0.3 is 0 Å². The summed E-state index contributed by atoms with van der Waals surface area (Å²) < 4.78 is 1.79. The lowest BCUT2D eigenvalue weighted by Crippen LogP contribution is -2.52. The van der Waals surface area contributed by atoms with Crippen molar-refractivity contribution < 1.29 is 9.59 Å². The highest BCUT2D eigenvalue weighted by Crippen LogP contribution is 2.33. The molecule has 1 saturated heterocycles. The Balaban J connectivity index is 1.52. The fourth-order valence-corrected chi connectivity index (χ4v) is 2.88. The Labute approximate surface area is 124 Å². The molecule has 6 nitrogen and oxygen atoms in total. The molecule has 3 rings (SSSR count). The topological polar surface area (TPSA) is 67.2 Å². The quantitative estimate of drug-likeness (QED) is 0.872. The Morgan fingerprint density at radius 2 is 2.10 bits per heavy atom. The number of likely N-dealkylation sites (tertiary alicyclic amines) is 1. The van der Waals surface area contributed by atoms with Crippen LogP contribution in [0.5, 0.6) is 0 Å². The average molecular weight is 290 g/mol. The van der Waals surface area contributed by atoms with Gasteiger partial charge in [0.25, 0.3) is 0 Å². The highest BCUT2D eigenvalue weighted by Gasteiger charge is 2.39. The minimum absolute atomic E-state index is 0.0177. The largest absolute Gasteiger partial charge is 0.352 e. The first-order chi connectivity index (χ1) is 10.3. The molecule has 1 aromatic rings. The van der Waals surface area contributed by atoms with Crippen LogP contribution in [0.2, 0.25) is 0 Å². The highest BCUT2D eigenvalue weighted by atomic mass is 16.2. The third kappa shape index (κ3) is 3.43. The molecule has 0 aromatic carbocycles. The molecule has 0 radical (unpaired) electrons. The zero-order valence-electron chi connectivity index (χ0n) is 12.2. The highest BCUT2D eigenvalue weighted by molar-refractivity contribution is 5.89. The minimum atomic E-state index is -0.274. The van der Waals surface area contributed by atoms with Crippen LogP contribution < -0.4 is 5.32 Å². The molecule has 1 aliphatic heterocycles. The molecule has 1 aromatic heterocycles. The van der Waals surface area contributed by atoms with E-state index >= 15 is 0 Å². The van der Waals surface area contributed by atoms with Gasteiger partial charge in [0.05, 0.1) is 6.54 Å². The molecule has 6 heteroatoms. The average Bonchev–Trinajstić information content (AvgIpc) is 3.24. The second-order valence-electron chi connectivity index (χ2n) is 5.88. The Morgan fingerprint density at radius 1 is 1.24 bits per heavy atom. The van der Waals surface area contributed by atoms with Gasteiger partial charge in [-0.05, 0) is 38.2 Å². The van der Waals surface area contributed by atoms with Crippen LogP contribution in [0, 0.1) is 5.92 Å². The summed E-state index contributed by atoms with van der Waals surface area (Å²) in [7, 11) is 0. The van der Waals surface area contributed by atoms with Crippen molar-refractivity contribution in [1.29, 1.82) is 0 Å². The fraction of sp³-hybridized carbons (Fsp3) is 0.667. The number of nitrogens with zero attached hydrogens (tertiary/aromatic N) is 3. The Hall–Kier alpha value is -1.85. The van der Waals surface area contributed by atoms with E-state index in [0.717, 1.165) is 38.6 Å². The molecule has 0 spiro atoms. The number of nitrogens with one attached hydrogen (secondary N) is 1. The lowest BCUT2D eigenvalue weighted by Gasteiger charge is -2.34. The fourth-order valence-electron chi connectivity index (χ4n) is 2.88. The maximum Gasteiger partial charge on any atom is 0.242 e. The second-order valence-corrected chi connectivity index (χ2v) is 5.88. The van der Waals surface area contributed by atoms with Crippen molar-refractivity contribution in [2.24, 2.45) is 5.92 Å². The van der Waals surface area contributed by atoms with E-state index < -0.39 is 0 Å². The summed E-state index contributed by atoms with van der Waals surface area (Å²) >= 11 is 0. The van der Waals surface area contributed by atoms with Gasteiger partial charge in [-0.1, -0.05) is 0 Å². The van der Waals surface area contributed by atoms with Crippen LogP contribution in [0.1, 0.15) is 32.1 Å². The third-order valence-electron chi connectivity index (χ3n) is 4.21. The lowest BCUT2D eigenvalue weighted by molar-refractivity contribution is -0.143. The molecule has 2 amide bonds. The number of hydrogen-bond donors (Lipinski definition) is 1. The predicted molar refractivity (Wildman–Crippen MR) is 77.3 cm³/mol. The van der Waals surface area contributed by atoms with Gasteiger partial charge in [-0.15, -0.1) is 0 Å². The zero-order valence-corrected chi connectivity index (χ0v) is 12.2. The molecule has 2 fully saturated rings. The van der Waals surface area contributed by atoms with E-state index in [-0.39, 0.29) is 23.8 Å². The van der Waals surface area contributed by atoms with Crippen molar-refractivity contribution in [3.63, 3.8) is 0 Å². The molecule has 2 aliphatic rings. The first-order valence-corrected chi connectivity index (χ1v) is 7.81. The van der Waals surface area contributed by atoms with Gasteiger partial charge < -0.3 is 10.2 Å². The summed E-state index contributed by atoms with van der Waals surface area (Å²) in [6.07, 6.45) is 8.38. The molecule has 1 N–H and O–H groups in total. The maximum atomic E-state index is 12.3. The van der Waals surface area contributed by atoms with Gasteiger partial charge in [-0.3, -0.25) is 14.3 Å². The standard InChI is InChI=1S/C15H22N4O2/c20-14(16-8-11-18-9-3-7-17-18)13-4-1-2-10-19(13)15(21)12-5-6-12/h3,7,9,12-13H,1-2,4-6,8,10-11H2,(H,16,20)/t13-/m0/s1. The lowest BCUT2D eigenvalue weighted by atomic mass is 10.0. The molecule has 1 aliphatic carbocycles. The molecular weight excluding hydrogens is 268 g/mol. The van der Waals surface area contributed by atoms with E-state index in [4.69, 9.17) is 0 Å². The van der Waals surface area contributed by atoms with Gasteiger partial charge in [-0.25, -0.2) is 0 Å². The monoisotopic (exact) mass is 290 g/mol. The van der Waals surface area contributed by atoms with Crippen molar-refractivity contribution in [2.75, 3.05) is 13.1 Å². The van der Waals surface area contributed by atoms with Crippen LogP contribution in [-0.2, 0) is 16.1 Å². The molecular formula is C15H22N4O2. The van der Waals surface area contributed by atoms with Crippen LogP contribution in [0.15, 0.2) is 18.5 Å². The van der Waals surface area contributed by atoms with E-state index in [2.05, 4.69) is 10.4 Å². The molecule has 1 atom stereocenters. The van der Waals surface area contributed by atoms with Crippen molar-refractivity contribution in [3.8, 4) is 0 Å². The third-order valence-corrected chi connectivity index (χ3v) is 4.21. The number of carbonyl (C=O) groups is 2. The van der Waals surface area contributed by atoms with Crippen LogP contribution >= 0.6 is 0 Å². The molecule has 21 heavy (non-hydrogen) atoms. The molecule has 0 bridgehead atoms. The number of hydrogen-bond acceptors (Lipinski definition) is 3. The van der Waals surface area contributed by atoms with Gasteiger partial charge in [0, 0.05) is 31.4 Å². The zero-order chi connectivity index (χ0) is 14.7. The first-order valence-electron chi connectivity index (χ1n) is 7.81. The molecule has 114 valence electrons. The van der Waals surface area contributed by atoms with Gasteiger partial charge in [-0.2, -0.15) is 5.10 Å². The predicted octanol–water partition coefficient (Wildman–Crippen LogP) is 0.790. The number of amides is 2. The summed E-state index contributed by atoms with van der Waals surface area (Å²) in [4.78, 5) is 26.4. The van der Waals surface area contributed by atoms with E-state index in [0.29, 0.717) is 13.1 Å². The number of aromatic nitrogens is 2. The SMILES string of the molecule is O=C(NCCn1cccn1)[C@@H]1CCCCN1C(=O)C1CC1. The summed E-state index contributed by atoms with van der Waals surface area (Å²) in [6.45, 7) is 1.93. The molecule has 1 saturated carbocycles. The van der Waals surface area contributed by atoms with E-state index in [1.165, 1.54) is 0 Å². The normalized spacial score (nSPS) is 22.1. The smallest absolute Gasteiger partial charge is 0.242 e. The van der Waals surface area contributed by atoms with Crippen LogP contribution in [0.25, 0.3) is 0 Å². The Kier molecular flexibility index (Phi) is 4.22. The maximum absolute atomic E-state index is 12.3. The van der Waals surface area contributed by atoms with Crippen molar-refractivity contribution in [3.05, 3.63) is 18.5 Å². The summed E-state index contributed by atoms with van der Waals surface area (Å²) in [6, 6.07) is 1.59.